The third kappa shape index (κ3) is 6.22. The van der Waals surface area contributed by atoms with Crippen LogP contribution in [0, 0.1) is 0 Å². The third-order valence-electron chi connectivity index (χ3n) is 0.180. The molecular formula is H5N2O4PS. The van der Waals surface area contributed by atoms with Gasteiger partial charge in [0.25, 0.3) is 0 Å². The van der Waals surface area contributed by atoms with E-state index >= 15 is 0 Å². The van der Waals surface area contributed by atoms with Crippen molar-refractivity contribution in [2.45, 2.75) is 0 Å². The molecule has 0 aliphatic heterocycles. The van der Waals surface area contributed by atoms with Crippen molar-refractivity contribution in [1.82, 2.24) is 0 Å². The molecule has 50 valence electrons. The minimum atomic E-state index is -4.44. The number of hydrogen-bond donors (Lipinski definition) is 3. The van der Waals surface area contributed by atoms with E-state index in [4.69, 9.17) is 4.55 Å². The predicted octanol–water partition coefficient (Wildman–Crippen LogP) is -1.05. The Balaban J connectivity index is 3.75. The highest BCUT2D eigenvalue weighted by Crippen LogP contribution is 2.16. The van der Waals surface area contributed by atoms with Crippen LogP contribution in [-0.4, -0.2) is 13.0 Å². The van der Waals surface area contributed by atoms with Crippen LogP contribution in [0.2, 0.25) is 0 Å². The Morgan fingerprint density at radius 1 is 1.50 bits per heavy atom. The maximum Gasteiger partial charge on any atom is 0.402 e. The summed E-state index contributed by atoms with van der Waals surface area (Å²) >= 11 is 0. The van der Waals surface area contributed by atoms with Crippen LogP contribution in [0.25, 0.3) is 0 Å². The van der Waals surface area contributed by atoms with Gasteiger partial charge in [-0.15, -0.1) is 0 Å². The van der Waals surface area contributed by atoms with Gasteiger partial charge in [0.05, 0.1) is 0 Å². The summed E-state index contributed by atoms with van der Waals surface area (Å²) in [6, 6.07) is 0. The van der Waals surface area contributed by atoms with E-state index in [-0.39, 0.29) is 0 Å². The standard InChI is InChI=1S/H5N2O4PS/c1-7(2)6-8(3,4)5/h1-2H2,(H,3,4,5). The molecule has 8 heteroatoms. The number of hydrogen-bond acceptors (Lipinski definition) is 5. The van der Waals surface area contributed by atoms with E-state index in [1.165, 1.54) is 0 Å². The van der Waals surface area contributed by atoms with Crippen molar-refractivity contribution in [2.24, 2.45) is 11.0 Å². The summed E-state index contributed by atoms with van der Waals surface area (Å²) in [5.74, 6) is 0. The molecule has 0 saturated heterocycles. The maximum absolute atomic E-state index is 9.63. The third-order valence-corrected chi connectivity index (χ3v) is 1.62. The number of rotatable bonds is 2. The molecule has 6 nitrogen and oxygen atoms in total. The Bertz CT molecular complexity index is 147. The zero-order valence-corrected chi connectivity index (χ0v) is 5.39. The van der Waals surface area contributed by atoms with Crippen LogP contribution in [-0.2, 0) is 14.4 Å². The summed E-state index contributed by atoms with van der Waals surface area (Å²) in [5, 5.41) is 0. The summed E-state index contributed by atoms with van der Waals surface area (Å²) in [7, 11) is -6.47. The van der Waals surface area contributed by atoms with Gasteiger partial charge >= 0.3 is 10.4 Å². The van der Waals surface area contributed by atoms with Gasteiger partial charge in [-0.1, -0.05) is 0 Å². The van der Waals surface area contributed by atoms with Crippen molar-refractivity contribution in [1.29, 1.82) is 0 Å². The predicted molar refractivity (Wildman–Crippen MR) is 27.9 cm³/mol. The van der Waals surface area contributed by atoms with Crippen LogP contribution >= 0.6 is 8.45 Å². The normalized spacial score (nSPS) is 12.5. The Morgan fingerprint density at radius 2 is 1.88 bits per heavy atom. The quantitative estimate of drug-likeness (QED) is 0.350. The topological polar surface area (TPSA) is 116 Å². The smallest absolute Gasteiger partial charge is 0.274 e. The second kappa shape index (κ2) is 2.67. The maximum atomic E-state index is 9.63. The molecule has 0 aliphatic rings. The lowest BCUT2D eigenvalue weighted by atomic mass is 13.9. The molecule has 0 saturated carbocycles. The fourth-order valence-electron chi connectivity index (χ4n) is 0.109. The van der Waals surface area contributed by atoms with Crippen molar-refractivity contribution in [2.75, 3.05) is 0 Å². The van der Waals surface area contributed by atoms with Crippen molar-refractivity contribution in [3.63, 3.8) is 0 Å². The molecule has 0 aromatic heterocycles. The Labute approximate surface area is 47.7 Å². The zero-order valence-electron chi connectivity index (χ0n) is 3.68. The molecule has 0 aromatic carbocycles. The molecule has 0 aromatic rings. The Morgan fingerprint density at radius 3 is 1.88 bits per heavy atom. The van der Waals surface area contributed by atoms with Gasteiger partial charge in [-0.05, 0) is 0 Å². The first kappa shape index (κ1) is 8.22. The first-order valence-corrected chi connectivity index (χ1v) is 4.14. The van der Waals surface area contributed by atoms with Crippen LogP contribution in [0.1, 0.15) is 0 Å². The van der Waals surface area contributed by atoms with Gasteiger partial charge in [0.2, 0.25) is 0 Å². The minimum absolute atomic E-state index is 2.03. The van der Waals surface area contributed by atoms with Crippen molar-refractivity contribution < 1.29 is 16.9 Å². The van der Waals surface area contributed by atoms with E-state index in [1.807, 2.05) is 0 Å². The molecule has 0 amide bonds. The van der Waals surface area contributed by atoms with Crippen LogP contribution in [0.3, 0.4) is 0 Å². The monoisotopic (exact) mass is 160 g/mol. The molecule has 0 spiro atoms. The van der Waals surface area contributed by atoms with E-state index < -0.39 is 18.8 Å². The molecule has 0 unspecified atom stereocenters. The van der Waals surface area contributed by atoms with Crippen LogP contribution in [0.5, 0.6) is 0 Å². The summed E-state index contributed by atoms with van der Waals surface area (Å²) in [6.45, 7) is 0. The Hall–Kier alpha value is 0.220. The largest absolute Gasteiger partial charge is 0.402 e. The molecule has 0 heterocycles. The van der Waals surface area contributed by atoms with Gasteiger partial charge in [-0.25, -0.2) is 0 Å². The van der Waals surface area contributed by atoms with E-state index in [0.717, 1.165) is 0 Å². The second-order valence-corrected chi connectivity index (χ2v) is 3.03. The average Bonchev–Trinajstić information content (AvgIpc) is 1.21. The van der Waals surface area contributed by atoms with Crippen molar-refractivity contribution in [3.8, 4) is 0 Å². The molecule has 0 rings (SSSR count). The fourth-order valence-corrected chi connectivity index (χ4v) is 0.979. The highest BCUT2D eigenvalue weighted by molar-refractivity contribution is 7.85. The van der Waals surface area contributed by atoms with Gasteiger partial charge in [-0.3, -0.25) is 15.6 Å². The fraction of sp³-hybridized carbons (Fsp3) is 0. The Kier molecular flexibility index (Phi) is 2.75. The lowest BCUT2D eigenvalue weighted by Crippen LogP contribution is -2.08. The van der Waals surface area contributed by atoms with Crippen molar-refractivity contribution in [3.05, 3.63) is 0 Å². The first-order chi connectivity index (χ1) is 3.42. The summed E-state index contributed by atoms with van der Waals surface area (Å²) < 4.78 is 30.6. The van der Waals surface area contributed by atoms with Gasteiger partial charge < -0.3 is 0 Å². The van der Waals surface area contributed by atoms with E-state index in [2.05, 4.69) is 15.0 Å². The average molecular weight is 160 g/mol. The summed E-state index contributed by atoms with van der Waals surface area (Å²) in [5.41, 5.74) is 9.32. The SMILES string of the molecule is NP(N)OS(=O)(=O)O. The van der Waals surface area contributed by atoms with Gasteiger partial charge in [0, 0.05) is 0 Å². The molecule has 0 atom stereocenters. The molecule has 8 heavy (non-hydrogen) atoms. The molecule has 0 aliphatic carbocycles. The molecule has 5 N–H and O–H groups in total. The summed E-state index contributed by atoms with van der Waals surface area (Å²) in [4.78, 5) is 0. The van der Waals surface area contributed by atoms with Gasteiger partial charge in [0.15, 0.2) is 8.45 Å². The van der Waals surface area contributed by atoms with E-state index in [9.17, 15) is 8.42 Å². The lowest BCUT2D eigenvalue weighted by Gasteiger charge is -1.98. The molecule has 0 fully saturated rings. The molecule has 0 radical (unpaired) electrons. The van der Waals surface area contributed by atoms with E-state index in [1.54, 1.807) is 0 Å². The van der Waals surface area contributed by atoms with Gasteiger partial charge in [-0.2, -0.15) is 12.4 Å². The second-order valence-electron chi connectivity index (χ2n) is 0.862. The minimum Gasteiger partial charge on any atom is -0.274 e. The number of nitrogens with two attached hydrogens (primary N) is 2. The zero-order chi connectivity index (χ0) is 6.78. The highest BCUT2D eigenvalue weighted by atomic mass is 32.3. The van der Waals surface area contributed by atoms with Crippen LogP contribution < -0.4 is 11.0 Å². The van der Waals surface area contributed by atoms with E-state index in [0.29, 0.717) is 0 Å². The van der Waals surface area contributed by atoms with Crippen LogP contribution in [0.15, 0.2) is 0 Å². The summed E-state index contributed by atoms with van der Waals surface area (Å²) in [6.07, 6.45) is 0. The van der Waals surface area contributed by atoms with Crippen molar-refractivity contribution >= 4 is 18.8 Å². The van der Waals surface area contributed by atoms with Gasteiger partial charge in [0.1, 0.15) is 0 Å². The molecular weight excluding hydrogens is 155 g/mol. The highest BCUT2D eigenvalue weighted by Gasteiger charge is 2.07. The first-order valence-electron chi connectivity index (χ1n) is 1.38. The lowest BCUT2D eigenvalue weighted by molar-refractivity contribution is 0.401. The molecule has 0 bridgehead atoms. The van der Waals surface area contributed by atoms with Crippen LogP contribution in [0.4, 0.5) is 0 Å².